The Bertz CT molecular complexity index is 837. The molecule has 132 valence electrons. The minimum Gasteiger partial charge on any atom is -0.449 e. The predicted molar refractivity (Wildman–Crippen MR) is 85.7 cm³/mol. The van der Waals surface area contributed by atoms with E-state index in [4.69, 9.17) is 4.74 Å². The second-order valence-electron chi connectivity index (χ2n) is 5.58. The number of carbonyl (C=O) groups is 2. The van der Waals surface area contributed by atoms with Crippen LogP contribution in [0.15, 0.2) is 30.3 Å². The average molecular weight is 351 g/mol. The molecular weight excluding hydrogens is 335 g/mol. The van der Waals surface area contributed by atoms with Gasteiger partial charge in [-0.3, -0.25) is 4.79 Å². The standard InChI is InChI=1S/C18H16F3NO3/c1-9-4-5-12(10(2)8-9)18(24)25-11(3)17(23)22-14-7-6-13(19)15(20)16(14)21/h4-8,11H,1-3H3,(H,22,23)/t11-/m1/s1. The van der Waals surface area contributed by atoms with Crippen molar-refractivity contribution in [3.05, 3.63) is 64.5 Å². The second kappa shape index (κ2) is 7.38. The number of aryl methyl sites for hydroxylation is 2. The van der Waals surface area contributed by atoms with Crippen LogP contribution in [0, 0.1) is 31.3 Å². The first-order chi connectivity index (χ1) is 11.7. The van der Waals surface area contributed by atoms with Gasteiger partial charge in [0.2, 0.25) is 0 Å². The third kappa shape index (κ3) is 4.17. The molecule has 0 saturated carbocycles. The van der Waals surface area contributed by atoms with Crippen LogP contribution in [0.3, 0.4) is 0 Å². The first kappa shape index (κ1) is 18.5. The van der Waals surface area contributed by atoms with E-state index in [9.17, 15) is 22.8 Å². The molecule has 0 bridgehead atoms. The SMILES string of the molecule is Cc1ccc(C(=O)O[C@H](C)C(=O)Nc2ccc(F)c(F)c2F)c(C)c1. The van der Waals surface area contributed by atoms with Gasteiger partial charge in [-0.1, -0.05) is 17.7 Å². The average Bonchev–Trinajstić information content (AvgIpc) is 2.55. The van der Waals surface area contributed by atoms with Crippen LogP contribution in [0.2, 0.25) is 0 Å². The zero-order valence-electron chi connectivity index (χ0n) is 13.8. The van der Waals surface area contributed by atoms with Gasteiger partial charge in [0.1, 0.15) is 0 Å². The molecule has 0 aliphatic carbocycles. The van der Waals surface area contributed by atoms with Crippen molar-refractivity contribution >= 4 is 17.6 Å². The Morgan fingerprint density at radius 2 is 1.72 bits per heavy atom. The summed E-state index contributed by atoms with van der Waals surface area (Å²) < 4.78 is 44.7. The Morgan fingerprint density at radius 1 is 1.04 bits per heavy atom. The van der Waals surface area contributed by atoms with Gasteiger partial charge in [-0.05, 0) is 44.5 Å². The van der Waals surface area contributed by atoms with E-state index < -0.39 is 41.1 Å². The normalized spacial score (nSPS) is 11.8. The van der Waals surface area contributed by atoms with Crippen LogP contribution < -0.4 is 5.32 Å². The maximum Gasteiger partial charge on any atom is 0.339 e. The summed E-state index contributed by atoms with van der Waals surface area (Å²) in [4.78, 5) is 24.1. The lowest BCUT2D eigenvalue weighted by atomic mass is 10.1. The molecule has 1 amide bonds. The molecule has 0 heterocycles. The zero-order valence-corrected chi connectivity index (χ0v) is 13.8. The number of amides is 1. The van der Waals surface area contributed by atoms with Crippen molar-refractivity contribution in [1.82, 2.24) is 0 Å². The van der Waals surface area contributed by atoms with Gasteiger partial charge < -0.3 is 10.1 Å². The highest BCUT2D eigenvalue weighted by molar-refractivity contribution is 5.97. The first-order valence-electron chi connectivity index (χ1n) is 7.43. The van der Waals surface area contributed by atoms with Crippen molar-refractivity contribution in [2.75, 3.05) is 5.32 Å². The predicted octanol–water partition coefficient (Wildman–Crippen LogP) is 3.90. The number of nitrogens with one attached hydrogen (secondary N) is 1. The molecule has 7 heteroatoms. The summed E-state index contributed by atoms with van der Waals surface area (Å²) in [5.41, 5.74) is 1.40. The Kier molecular flexibility index (Phi) is 5.46. The molecule has 1 N–H and O–H groups in total. The molecule has 25 heavy (non-hydrogen) atoms. The Labute approximate surface area is 142 Å². The van der Waals surface area contributed by atoms with Gasteiger partial charge >= 0.3 is 5.97 Å². The van der Waals surface area contributed by atoms with Crippen LogP contribution in [-0.2, 0) is 9.53 Å². The fraction of sp³-hybridized carbons (Fsp3) is 0.222. The van der Waals surface area contributed by atoms with Gasteiger partial charge in [-0.2, -0.15) is 0 Å². The zero-order chi connectivity index (χ0) is 18.7. The molecule has 2 aromatic carbocycles. The van der Waals surface area contributed by atoms with E-state index in [0.29, 0.717) is 17.2 Å². The topological polar surface area (TPSA) is 55.4 Å². The number of rotatable bonds is 4. The van der Waals surface area contributed by atoms with Crippen LogP contribution in [-0.4, -0.2) is 18.0 Å². The van der Waals surface area contributed by atoms with E-state index in [2.05, 4.69) is 5.32 Å². The lowest BCUT2D eigenvalue weighted by Gasteiger charge is -2.15. The molecule has 4 nitrogen and oxygen atoms in total. The molecule has 0 spiro atoms. The third-order valence-electron chi connectivity index (χ3n) is 3.55. The molecule has 0 aliphatic heterocycles. The van der Waals surface area contributed by atoms with Crippen LogP contribution in [0.25, 0.3) is 0 Å². The van der Waals surface area contributed by atoms with Crippen molar-refractivity contribution in [3.63, 3.8) is 0 Å². The number of benzene rings is 2. The summed E-state index contributed by atoms with van der Waals surface area (Å²) >= 11 is 0. The first-order valence-corrected chi connectivity index (χ1v) is 7.43. The van der Waals surface area contributed by atoms with Crippen molar-refractivity contribution in [2.45, 2.75) is 26.9 Å². The summed E-state index contributed by atoms with van der Waals surface area (Å²) in [7, 11) is 0. The smallest absolute Gasteiger partial charge is 0.339 e. The van der Waals surface area contributed by atoms with Crippen LogP contribution in [0.4, 0.5) is 18.9 Å². The van der Waals surface area contributed by atoms with Crippen LogP contribution in [0.5, 0.6) is 0 Å². The Balaban J connectivity index is 2.08. The molecule has 2 rings (SSSR count). The van der Waals surface area contributed by atoms with Crippen molar-refractivity contribution in [2.24, 2.45) is 0 Å². The molecule has 0 radical (unpaired) electrons. The van der Waals surface area contributed by atoms with Crippen LogP contribution in [0.1, 0.15) is 28.4 Å². The fourth-order valence-corrected chi connectivity index (χ4v) is 2.18. The molecule has 1 atom stereocenters. The van der Waals surface area contributed by atoms with Crippen LogP contribution >= 0.6 is 0 Å². The van der Waals surface area contributed by atoms with E-state index in [1.807, 2.05) is 6.92 Å². The third-order valence-corrected chi connectivity index (χ3v) is 3.55. The highest BCUT2D eigenvalue weighted by Crippen LogP contribution is 2.20. The molecule has 2 aromatic rings. The van der Waals surface area contributed by atoms with Gasteiger partial charge in [0.15, 0.2) is 23.6 Å². The van der Waals surface area contributed by atoms with E-state index in [-0.39, 0.29) is 0 Å². The summed E-state index contributed by atoms with van der Waals surface area (Å²) in [6.45, 7) is 4.88. The fourth-order valence-electron chi connectivity index (χ4n) is 2.18. The summed E-state index contributed by atoms with van der Waals surface area (Å²) in [5.74, 6) is -6.18. The summed E-state index contributed by atoms with van der Waals surface area (Å²) in [6.07, 6.45) is -1.26. The van der Waals surface area contributed by atoms with Gasteiger partial charge in [-0.25, -0.2) is 18.0 Å². The Hall–Kier alpha value is -2.83. The van der Waals surface area contributed by atoms with E-state index in [0.717, 1.165) is 11.6 Å². The molecule has 0 saturated heterocycles. The number of carbonyl (C=O) groups excluding carboxylic acids is 2. The molecule has 0 aliphatic rings. The molecular formula is C18H16F3NO3. The van der Waals surface area contributed by atoms with Crippen molar-refractivity contribution in [3.8, 4) is 0 Å². The summed E-state index contributed by atoms with van der Waals surface area (Å²) in [5, 5.41) is 2.06. The van der Waals surface area contributed by atoms with Gasteiger partial charge in [0, 0.05) is 0 Å². The second-order valence-corrected chi connectivity index (χ2v) is 5.58. The van der Waals surface area contributed by atoms with E-state index in [1.165, 1.54) is 6.92 Å². The van der Waals surface area contributed by atoms with Crippen molar-refractivity contribution < 1.29 is 27.5 Å². The summed E-state index contributed by atoms with van der Waals surface area (Å²) in [6, 6.07) is 6.65. The molecule has 0 aromatic heterocycles. The number of hydrogen-bond donors (Lipinski definition) is 1. The minimum atomic E-state index is -1.70. The Morgan fingerprint density at radius 3 is 2.36 bits per heavy atom. The lowest BCUT2D eigenvalue weighted by molar-refractivity contribution is -0.123. The van der Waals surface area contributed by atoms with E-state index >= 15 is 0 Å². The number of halogens is 3. The van der Waals surface area contributed by atoms with E-state index in [1.54, 1.807) is 25.1 Å². The molecule has 0 fully saturated rings. The monoisotopic (exact) mass is 351 g/mol. The maximum absolute atomic E-state index is 13.6. The highest BCUT2D eigenvalue weighted by atomic mass is 19.2. The highest BCUT2D eigenvalue weighted by Gasteiger charge is 2.22. The number of esters is 1. The van der Waals surface area contributed by atoms with Gasteiger partial charge in [-0.15, -0.1) is 0 Å². The molecule has 0 unspecified atom stereocenters. The van der Waals surface area contributed by atoms with Gasteiger partial charge in [0.25, 0.3) is 5.91 Å². The number of anilines is 1. The quantitative estimate of drug-likeness (QED) is 0.671. The van der Waals surface area contributed by atoms with Gasteiger partial charge in [0.05, 0.1) is 11.3 Å². The lowest BCUT2D eigenvalue weighted by Crippen LogP contribution is -2.30. The van der Waals surface area contributed by atoms with Crippen molar-refractivity contribution in [1.29, 1.82) is 0 Å². The number of hydrogen-bond acceptors (Lipinski definition) is 3. The maximum atomic E-state index is 13.6. The minimum absolute atomic E-state index is 0.296. The number of ether oxygens (including phenoxy) is 1. The largest absolute Gasteiger partial charge is 0.449 e.